The summed E-state index contributed by atoms with van der Waals surface area (Å²) in [5, 5.41) is 24.2. The zero-order valence-corrected chi connectivity index (χ0v) is 19.4. The first-order valence-electron chi connectivity index (χ1n) is 9.41. The van der Waals surface area contributed by atoms with Gasteiger partial charge in [-0.05, 0) is 35.9 Å². The molecule has 0 radical (unpaired) electrons. The molecule has 2 aliphatic heterocycles. The number of hydrogen-bond acceptors (Lipinski definition) is 10. The number of nitroso groups, excluding NO2 is 1. The normalized spacial score (nSPS) is 22.2. The number of alkyl halides is 1. The molecule has 1 aromatic rings. The van der Waals surface area contributed by atoms with Gasteiger partial charge in [-0.15, -0.1) is 16.7 Å². The highest BCUT2D eigenvalue weighted by atomic mass is 79.9. The summed E-state index contributed by atoms with van der Waals surface area (Å²) in [7, 11) is 0. The number of fused-ring (bicyclic) bond motifs is 1. The number of benzene rings is 1. The number of nitrogens with one attached hydrogen (secondary N) is 1. The topological polar surface area (TPSA) is 169 Å². The highest BCUT2D eigenvalue weighted by molar-refractivity contribution is 9.09. The van der Waals surface area contributed by atoms with Crippen LogP contribution in [0.25, 0.3) is 0 Å². The van der Waals surface area contributed by atoms with E-state index in [4.69, 9.17) is 4.74 Å². The minimum atomic E-state index is -1.03. The van der Waals surface area contributed by atoms with Crippen LogP contribution in [-0.4, -0.2) is 54.7 Å². The molecular weight excluding hydrogens is 524 g/mol. The Balaban J connectivity index is 1.67. The third-order valence-electron chi connectivity index (χ3n) is 4.77. The monoisotopic (exact) mass is 540 g/mol. The Morgan fingerprint density at radius 1 is 1.36 bits per heavy atom. The first-order chi connectivity index (χ1) is 15.7. The number of hydrogen-bond donors (Lipinski definition) is 2. The van der Waals surface area contributed by atoms with Crippen LogP contribution in [0.3, 0.4) is 0 Å². The van der Waals surface area contributed by atoms with Crippen molar-refractivity contribution in [3.8, 4) is 0 Å². The SMILES string of the molecule is CC1C=C(C(=O)OCc2ccc([N+](=O)[O-])cc2)N2C(=O)C(NC(=O)C(N=O)=C(O)CBr)[C@H]2S1. The van der Waals surface area contributed by atoms with Crippen molar-refractivity contribution in [2.24, 2.45) is 5.18 Å². The van der Waals surface area contributed by atoms with Gasteiger partial charge in [0.25, 0.3) is 17.5 Å². The number of amides is 2. The number of nitro benzene ring substituents is 1. The van der Waals surface area contributed by atoms with Gasteiger partial charge in [-0.1, -0.05) is 15.9 Å². The van der Waals surface area contributed by atoms with Gasteiger partial charge in [0.15, 0.2) is 0 Å². The summed E-state index contributed by atoms with van der Waals surface area (Å²) in [6.07, 6.45) is 1.56. The van der Waals surface area contributed by atoms with Crippen LogP contribution in [0, 0.1) is 15.0 Å². The Morgan fingerprint density at radius 3 is 2.61 bits per heavy atom. The van der Waals surface area contributed by atoms with Crippen molar-refractivity contribution < 1.29 is 29.2 Å². The zero-order valence-electron chi connectivity index (χ0n) is 17.0. The lowest BCUT2D eigenvalue weighted by molar-refractivity contribution is -0.384. The van der Waals surface area contributed by atoms with Crippen molar-refractivity contribution in [3.63, 3.8) is 0 Å². The Morgan fingerprint density at radius 2 is 2.03 bits per heavy atom. The number of rotatable bonds is 8. The lowest BCUT2D eigenvalue weighted by Gasteiger charge is -2.49. The van der Waals surface area contributed by atoms with E-state index in [1.165, 1.54) is 40.9 Å². The highest BCUT2D eigenvalue weighted by Crippen LogP contribution is 2.41. The van der Waals surface area contributed by atoms with Crippen molar-refractivity contribution in [1.29, 1.82) is 0 Å². The number of β-lactam (4-membered cyclic amide) rings is 1. The lowest BCUT2D eigenvalue weighted by Crippen LogP contribution is -2.70. The number of esters is 1. The number of halogens is 1. The van der Waals surface area contributed by atoms with Gasteiger partial charge in [-0.3, -0.25) is 24.6 Å². The van der Waals surface area contributed by atoms with E-state index >= 15 is 0 Å². The summed E-state index contributed by atoms with van der Waals surface area (Å²) >= 11 is 4.22. The summed E-state index contributed by atoms with van der Waals surface area (Å²) < 4.78 is 5.27. The molecule has 0 bridgehead atoms. The van der Waals surface area contributed by atoms with Gasteiger partial charge in [-0.2, -0.15) is 0 Å². The Hall–Kier alpha value is -3.26. The number of aliphatic hydroxyl groups excluding tert-OH is 1. The summed E-state index contributed by atoms with van der Waals surface area (Å²) in [4.78, 5) is 59.8. The quantitative estimate of drug-likeness (QED) is 0.0733. The van der Waals surface area contributed by atoms with E-state index in [1.54, 1.807) is 13.0 Å². The number of allylic oxidation sites excluding steroid dienone is 1. The molecule has 1 aromatic carbocycles. The number of carbonyl (C=O) groups is 3. The molecule has 2 amide bonds. The van der Waals surface area contributed by atoms with Gasteiger partial charge in [-0.25, -0.2) is 4.79 Å². The number of nitro groups is 1. The van der Waals surface area contributed by atoms with Crippen LogP contribution in [0.5, 0.6) is 0 Å². The first-order valence-corrected chi connectivity index (χ1v) is 11.5. The molecule has 12 nitrogen and oxygen atoms in total. The highest BCUT2D eigenvalue weighted by Gasteiger charge is 2.54. The third kappa shape index (κ3) is 5.06. The average Bonchev–Trinajstić information content (AvgIpc) is 2.80. The average molecular weight is 541 g/mol. The smallest absolute Gasteiger partial charge is 0.355 e. The molecule has 2 unspecified atom stereocenters. The number of thioether (sulfide) groups is 1. The molecule has 2 heterocycles. The third-order valence-corrected chi connectivity index (χ3v) is 6.63. The summed E-state index contributed by atoms with van der Waals surface area (Å²) in [6.45, 7) is 1.63. The van der Waals surface area contributed by atoms with Crippen molar-refractivity contribution in [3.05, 3.63) is 68.1 Å². The van der Waals surface area contributed by atoms with E-state index < -0.39 is 45.6 Å². The number of aliphatic hydroxyl groups is 1. The van der Waals surface area contributed by atoms with Crippen LogP contribution in [0.4, 0.5) is 5.69 Å². The predicted molar refractivity (Wildman–Crippen MR) is 120 cm³/mol. The van der Waals surface area contributed by atoms with E-state index in [0.717, 1.165) is 0 Å². The van der Waals surface area contributed by atoms with E-state index in [2.05, 4.69) is 26.4 Å². The van der Waals surface area contributed by atoms with Crippen molar-refractivity contribution in [2.45, 2.75) is 30.2 Å². The first kappa shape index (κ1) is 24.4. The van der Waals surface area contributed by atoms with E-state index in [0.29, 0.717) is 5.56 Å². The van der Waals surface area contributed by atoms with E-state index in [9.17, 15) is 34.5 Å². The van der Waals surface area contributed by atoms with Gasteiger partial charge in [0.1, 0.15) is 29.5 Å². The summed E-state index contributed by atoms with van der Waals surface area (Å²) in [5.41, 5.74) is -0.307. The zero-order chi connectivity index (χ0) is 24.3. The number of ether oxygens (including phenoxy) is 1. The summed E-state index contributed by atoms with van der Waals surface area (Å²) in [6, 6.07) is 4.45. The second kappa shape index (κ2) is 10.1. The molecular formula is C19H17BrN4O8S. The van der Waals surface area contributed by atoms with Crippen molar-refractivity contribution in [2.75, 3.05) is 5.33 Å². The fourth-order valence-electron chi connectivity index (χ4n) is 3.16. The van der Waals surface area contributed by atoms with Crippen LogP contribution in [0.1, 0.15) is 12.5 Å². The molecule has 0 saturated carbocycles. The molecule has 0 aliphatic carbocycles. The lowest BCUT2D eigenvalue weighted by atomic mass is 10.0. The Bertz CT molecular complexity index is 1070. The molecule has 2 aliphatic rings. The number of carbonyl (C=O) groups excluding carboxylic acids is 3. The van der Waals surface area contributed by atoms with E-state index in [1.807, 2.05) is 0 Å². The molecule has 174 valence electrons. The van der Waals surface area contributed by atoms with E-state index in [-0.39, 0.29) is 28.6 Å². The fourth-order valence-corrected chi connectivity index (χ4v) is 4.75. The summed E-state index contributed by atoms with van der Waals surface area (Å²) in [5.74, 6) is -2.94. The molecule has 3 rings (SSSR count). The molecule has 2 N–H and O–H groups in total. The number of nitrogens with zero attached hydrogens (tertiary/aromatic N) is 3. The molecule has 14 heteroatoms. The minimum Gasteiger partial charge on any atom is -0.509 e. The van der Waals surface area contributed by atoms with Crippen LogP contribution >= 0.6 is 27.7 Å². The molecule has 3 atom stereocenters. The predicted octanol–water partition coefficient (Wildman–Crippen LogP) is 2.24. The van der Waals surface area contributed by atoms with Crippen molar-refractivity contribution in [1.82, 2.24) is 10.2 Å². The minimum absolute atomic E-state index is 0.0104. The number of non-ortho nitro benzene ring substituents is 1. The fraction of sp³-hybridized carbons (Fsp3) is 0.316. The Labute approximate surface area is 199 Å². The van der Waals surface area contributed by atoms with Crippen LogP contribution in [0.2, 0.25) is 0 Å². The van der Waals surface area contributed by atoms with Gasteiger partial charge in [0.05, 0.1) is 10.3 Å². The standard InChI is InChI=1S/C19H17BrN4O8S/c1-9-6-12(19(28)32-8-10-2-4-11(5-3-10)24(30)31)23-17(27)15(18(23)33-9)21-16(26)14(22-29)13(25)7-20/h2-6,9,15,18,25H,7-8H2,1H3,(H,21,26)/t9?,15?,18-/m1/s1. The van der Waals surface area contributed by atoms with Crippen LogP contribution < -0.4 is 5.32 Å². The molecule has 33 heavy (non-hydrogen) atoms. The van der Waals surface area contributed by atoms with Gasteiger partial charge in [0.2, 0.25) is 5.70 Å². The molecule has 1 fully saturated rings. The van der Waals surface area contributed by atoms with Crippen molar-refractivity contribution >= 4 is 51.2 Å². The largest absolute Gasteiger partial charge is 0.509 e. The van der Waals surface area contributed by atoms with Gasteiger partial charge in [0, 0.05) is 17.4 Å². The maximum Gasteiger partial charge on any atom is 0.355 e. The van der Waals surface area contributed by atoms with Gasteiger partial charge < -0.3 is 15.2 Å². The maximum atomic E-state index is 12.7. The molecule has 0 aromatic heterocycles. The second-order valence-corrected chi connectivity index (χ2v) is 9.02. The molecule has 1 saturated heterocycles. The Kier molecular flexibility index (Phi) is 7.48. The van der Waals surface area contributed by atoms with Crippen LogP contribution in [0.15, 0.2) is 52.7 Å². The van der Waals surface area contributed by atoms with Crippen LogP contribution in [-0.2, 0) is 25.7 Å². The second-order valence-electron chi connectivity index (χ2n) is 6.96. The maximum absolute atomic E-state index is 12.7. The molecule has 0 spiro atoms. The van der Waals surface area contributed by atoms with Gasteiger partial charge >= 0.3 is 5.97 Å².